The maximum absolute atomic E-state index is 12.8. The van der Waals surface area contributed by atoms with Gasteiger partial charge in [-0.1, -0.05) is 12.5 Å². The van der Waals surface area contributed by atoms with Gasteiger partial charge in [0.2, 0.25) is 5.91 Å². The number of β-amino-alcohol motifs (C(OH)–C–C–N with tert-alkyl or cyclic N) is 1. The monoisotopic (exact) mass is 510 g/mol. The largest absolute Gasteiger partial charge is 0.497 e. The number of rotatable bonds is 13. The third kappa shape index (κ3) is 8.20. The van der Waals surface area contributed by atoms with E-state index in [4.69, 9.17) is 14.2 Å². The normalized spacial score (nSPS) is 17.8. The number of hydrogen-bond acceptors (Lipinski definition) is 7. The maximum Gasteiger partial charge on any atom is 0.220 e. The molecule has 8 heteroatoms. The molecule has 2 aromatic rings. The minimum absolute atomic E-state index is 0.0174. The molecule has 0 unspecified atom stereocenters. The topological polar surface area (TPSA) is 97.3 Å². The number of nitrogens with one attached hydrogen (secondary N) is 1. The fourth-order valence-corrected chi connectivity index (χ4v) is 4.92. The van der Waals surface area contributed by atoms with E-state index in [0.717, 1.165) is 55.0 Å². The van der Waals surface area contributed by atoms with E-state index in [-0.39, 0.29) is 23.8 Å². The minimum Gasteiger partial charge on any atom is -0.497 e. The van der Waals surface area contributed by atoms with Gasteiger partial charge in [-0.3, -0.25) is 14.5 Å². The van der Waals surface area contributed by atoms with Gasteiger partial charge in [0.05, 0.1) is 13.2 Å². The highest BCUT2D eigenvalue weighted by molar-refractivity contribution is 5.96. The molecular formula is C29H38N2O6. The highest BCUT2D eigenvalue weighted by Gasteiger charge is 2.24. The van der Waals surface area contributed by atoms with Crippen LogP contribution in [0.3, 0.4) is 0 Å². The number of unbranched alkanes of at least 4 members (excludes halogenated alkanes) is 2. The molecule has 2 aliphatic rings. The molecule has 0 bridgehead atoms. The lowest BCUT2D eigenvalue weighted by Crippen LogP contribution is -2.44. The molecule has 0 spiro atoms. The van der Waals surface area contributed by atoms with Gasteiger partial charge in [-0.2, -0.15) is 0 Å². The predicted octanol–water partition coefficient (Wildman–Crippen LogP) is 3.39. The Hall–Kier alpha value is -3.10. The second-order valence-electron chi connectivity index (χ2n) is 9.86. The first kappa shape index (κ1) is 26.9. The van der Waals surface area contributed by atoms with Crippen LogP contribution in [0.1, 0.15) is 54.4 Å². The highest BCUT2D eigenvalue weighted by Crippen LogP contribution is 2.31. The number of aliphatic hydroxyl groups is 1. The summed E-state index contributed by atoms with van der Waals surface area (Å²) in [5.74, 6) is 2.36. The molecule has 8 nitrogen and oxygen atoms in total. The highest BCUT2D eigenvalue weighted by atomic mass is 16.6. The molecular weight excluding hydrogens is 472 g/mol. The predicted molar refractivity (Wildman–Crippen MR) is 141 cm³/mol. The van der Waals surface area contributed by atoms with Gasteiger partial charge in [-0.15, -0.1) is 0 Å². The van der Waals surface area contributed by atoms with Crippen molar-refractivity contribution in [3.63, 3.8) is 0 Å². The number of carbonyl (C=O) groups excluding carboxylic acids is 2. The Morgan fingerprint density at radius 2 is 1.81 bits per heavy atom. The number of methoxy groups -OCH3 is 1. The van der Waals surface area contributed by atoms with Gasteiger partial charge in [0.15, 0.2) is 17.3 Å². The van der Waals surface area contributed by atoms with Crippen molar-refractivity contribution < 1.29 is 28.9 Å². The van der Waals surface area contributed by atoms with Crippen molar-refractivity contribution in [3.05, 3.63) is 53.6 Å². The van der Waals surface area contributed by atoms with Gasteiger partial charge in [0.25, 0.3) is 0 Å². The van der Waals surface area contributed by atoms with Gasteiger partial charge in [0, 0.05) is 44.1 Å². The first-order chi connectivity index (χ1) is 18.0. The van der Waals surface area contributed by atoms with Crippen LogP contribution >= 0.6 is 0 Å². The van der Waals surface area contributed by atoms with Gasteiger partial charge in [-0.05, 0) is 67.6 Å². The summed E-state index contributed by atoms with van der Waals surface area (Å²) in [6.07, 6.45) is 4.35. The van der Waals surface area contributed by atoms with Crippen molar-refractivity contribution in [2.75, 3.05) is 40.0 Å². The average Bonchev–Trinajstić information content (AvgIpc) is 3.32. The summed E-state index contributed by atoms with van der Waals surface area (Å²) in [5, 5.41) is 13.1. The molecule has 2 aliphatic heterocycles. The van der Waals surface area contributed by atoms with E-state index in [0.29, 0.717) is 51.1 Å². The Kier molecular flexibility index (Phi) is 9.79. The molecule has 200 valence electrons. The number of Topliss-reactive ketones (excluding diaryl/α,β-unsaturated/α-hetero) is 1. The van der Waals surface area contributed by atoms with Crippen LogP contribution in [-0.2, 0) is 11.2 Å². The van der Waals surface area contributed by atoms with E-state index < -0.39 is 0 Å². The number of benzene rings is 2. The Labute approximate surface area is 218 Å². The lowest BCUT2D eigenvalue weighted by molar-refractivity contribution is -0.122. The fourth-order valence-electron chi connectivity index (χ4n) is 4.92. The molecule has 1 fully saturated rings. The second-order valence-corrected chi connectivity index (χ2v) is 9.86. The summed E-state index contributed by atoms with van der Waals surface area (Å²) in [5.41, 5.74) is 1.76. The zero-order valence-electron chi connectivity index (χ0n) is 21.6. The first-order valence-corrected chi connectivity index (χ1v) is 13.3. The maximum atomic E-state index is 12.8. The molecule has 37 heavy (non-hydrogen) atoms. The van der Waals surface area contributed by atoms with Crippen molar-refractivity contribution in [3.8, 4) is 17.2 Å². The zero-order chi connectivity index (χ0) is 26.0. The smallest absolute Gasteiger partial charge is 0.220 e. The molecule has 2 heterocycles. The van der Waals surface area contributed by atoms with Crippen molar-refractivity contribution >= 4 is 11.7 Å². The number of likely N-dealkylation sites (tertiary alicyclic amines) is 1. The summed E-state index contributed by atoms with van der Waals surface area (Å²) in [7, 11) is 1.60. The Morgan fingerprint density at radius 3 is 2.54 bits per heavy atom. The molecule has 0 radical (unpaired) electrons. The molecule has 1 saturated heterocycles. The van der Waals surface area contributed by atoms with Crippen LogP contribution in [0.25, 0.3) is 0 Å². The number of amides is 1. The van der Waals surface area contributed by atoms with Crippen LogP contribution in [0.2, 0.25) is 0 Å². The number of fused-ring (bicyclic) bond motifs is 1. The second kappa shape index (κ2) is 13.4. The van der Waals surface area contributed by atoms with Crippen LogP contribution < -0.4 is 19.5 Å². The molecule has 0 saturated carbocycles. The molecule has 1 amide bonds. The number of ketones is 1. The Balaban J connectivity index is 1.23. The van der Waals surface area contributed by atoms with Crippen LogP contribution in [0, 0.1) is 0 Å². The van der Waals surface area contributed by atoms with Crippen molar-refractivity contribution in [1.29, 1.82) is 0 Å². The molecule has 4 rings (SSSR count). The Bertz CT molecular complexity index is 1040. The zero-order valence-corrected chi connectivity index (χ0v) is 21.6. The molecule has 2 aromatic carbocycles. The van der Waals surface area contributed by atoms with Gasteiger partial charge >= 0.3 is 0 Å². The van der Waals surface area contributed by atoms with E-state index in [1.807, 2.05) is 18.2 Å². The van der Waals surface area contributed by atoms with E-state index in [2.05, 4.69) is 10.2 Å². The van der Waals surface area contributed by atoms with E-state index in [9.17, 15) is 14.7 Å². The SMILES string of the molecule is COc1ccc(C(=O)CCCCCC(=O)N[C@@H](Cc2ccc3c(c2)OCCO3)CN2CC[C@@H](O)C2)cc1. The minimum atomic E-state index is -0.300. The standard InChI is InChI=1S/C29H38N2O6/c1-35-25-10-8-22(9-11-25)26(33)5-3-2-4-6-29(34)30-23(19-31-14-13-24(32)20-31)17-21-7-12-27-28(18-21)37-16-15-36-27/h7-12,18,23-24,32H,2-6,13-17,19-20H2,1H3,(H,30,34)/t23-,24+/m0/s1. The number of hydrogen-bond donors (Lipinski definition) is 2. The molecule has 2 N–H and O–H groups in total. The Morgan fingerprint density at radius 1 is 1.05 bits per heavy atom. The lowest BCUT2D eigenvalue weighted by atomic mass is 10.0. The summed E-state index contributed by atoms with van der Waals surface area (Å²) >= 11 is 0. The molecule has 2 atom stereocenters. The summed E-state index contributed by atoms with van der Waals surface area (Å²) in [6.45, 7) is 3.24. The molecule has 0 aliphatic carbocycles. The van der Waals surface area contributed by atoms with Gasteiger partial charge in [0.1, 0.15) is 19.0 Å². The third-order valence-corrected chi connectivity index (χ3v) is 6.90. The number of ether oxygens (including phenoxy) is 3. The summed E-state index contributed by atoms with van der Waals surface area (Å²) in [4.78, 5) is 27.4. The van der Waals surface area contributed by atoms with Gasteiger partial charge < -0.3 is 24.6 Å². The van der Waals surface area contributed by atoms with E-state index in [1.165, 1.54) is 0 Å². The van der Waals surface area contributed by atoms with E-state index in [1.54, 1.807) is 31.4 Å². The third-order valence-electron chi connectivity index (χ3n) is 6.90. The van der Waals surface area contributed by atoms with Crippen molar-refractivity contribution in [1.82, 2.24) is 10.2 Å². The van der Waals surface area contributed by atoms with Crippen LogP contribution in [0.15, 0.2) is 42.5 Å². The fraction of sp³-hybridized carbons (Fsp3) is 0.517. The van der Waals surface area contributed by atoms with Crippen LogP contribution in [0.5, 0.6) is 17.2 Å². The number of nitrogens with zero attached hydrogens (tertiary/aromatic N) is 1. The molecule has 0 aromatic heterocycles. The van der Waals surface area contributed by atoms with E-state index >= 15 is 0 Å². The number of carbonyl (C=O) groups is 2. The lowest BCUT2D eigenvalue weighted by Gasteiger charge is -2.25. The average molecular weight is 511 g/mol. The van der Waals surface area contributed by atoms with Crippen LogP contribution in [0.4, 0.5) is 0 Å². The van der Waals surface area contributed by atoms with Gasteiger partial charge in [-0.25, -0.2) is 0 Å². The van der Waals surface area contributed by atoms with Crippen LogP contribution in [-0.4, -0.2) is 73.8 Å². The quantitative estimate of drug-likeness (QED) is 0.315. The summed E-state index contributed by atoms with van der Waals surface area (Å²) < 4.78 is 16.5. The van der Waals surface area contributed by atoms with Crippen molar-refractivity contribution in [2.45, 2.75) is 57.1 Å². The number of aliphatic hydroxyl groups excluding tert-OH is 1. The summed E-state index contributed by atoms with van der Waals surface area (Å²) in [6, 6.07) is 13.0. The first-order valence-electron chi connectivity index (χ1n) is 13.3. The van der Waals surface area contributed by atoms with Crippen molar-refractivity contribution in [2.24, 2.45) is 0 Å².